The molecule has 4 nitrogen and oxygen atoms in total. The van der Waals surface area contributed by atoms with Crippen molar-refractivity contribution < 1.29 is 18.1 Å². The van der Waals surface area contributed by atoms with Crippen LogP contribution in [0.4, 0.5) is 0 Å². The first kappa shape index (κ1) is 24.0. The molecule has 0 N–H and O–H groups in total. The Kier molecular flexibility index (Phi) is 12.0. The van der Waals surface area contributed by atoms with Gasteiger partial charge in [0.05, 0.1) is 13.2 Å². The second-order valence-corrected chi connectivity index (χ2v) is 9.88. The zero-order valence-electron chi connectivity index (χ0n) is 13.4. The van der Waals surface area contributed by atoms with Crippen molar-refractivity contribution >= 4 is 74.5 Å². The van der Waals surface area contributed by atoms with E-state index in [0.717, 1.165) is 11.8 Å². The molecule has 1 rings (SSSR count). The van der Waals surface area contributed by atoms with Crippen LogP contribution in [0.5, 0.6) is 5.75 Å². The Morgan fingerprint density at radius 3 is 2.20 bits per heavy atom. The van der Waals surface area contributed by atoms with E-state index in [-0.39, 0.29) is 35.7 Å². The second kappa shape index (κ2) is 12.5. The molecule has 10 heteroatoms. The first-order chi connectivity index (χ1) is 11.9. The van der Waals surface area contributed by atoms with Gasteiger partial charge in [-0.15, -0.1) is 34.8 Å². The highest BCUT2D eigenvalue weighted by molar-refractivity contribution is 9.10. The van der Waals surface area contributed by atoms with Gasteiger partial charge in [-0.25, -0.2) is 4.57 Å². The van der Waals surface area contributed by atoms with Gasteiger partial charge in [0.25, 0.3) is 0 Å². The quantitative estimate of drug-likeness (QED) is 0.205. The molecule has 1 aromatic carbocycles. The lowest BCUT2D eigenvalue weighted by molar-refractivity contribution is 0.120. The maximum absolute atomic E-state index is 13.1. The number of phosphoric ester groups is 1. The van der Waals surface area contributed by atoms with E-state index < -0.39 is 13.2 Å². The topological polar surface area (TPSA) is 44.8 Å². The molecule has 0 aliphatic rings. The third kappa shape index (κ3) is 8.69. The van der Waals surface area contributed by atoms with E-state index in [2.05, 4.69) is 31.9 Å². The third-order valence-corrected chi connectivity index (χ3v) is 7.40. The van der Waals surface area contributed by atoms with Crippen molar-refractivity contribution in [1.82, 2.24) is 0 Å². The van der Waals surface area contributed by atoms with Crippen LogP contribution in [0.25, 0.3) is 0 Å². The lowest BCUT2D eigenvalue weighted by atomic mass is 9.98. The first-order valence-electron chi connectivity index (χ1n) is 7.44. The molecule has 0 radical (unpaired) electrons. The Morgan fingerprint density at radius 1 is 1.08 bits per heavy atom. The maximum atomic E-state index is 13.1. The molecule has 0 aliphatic heterocycles. The predicted molar refractivity (Wildman–Crippen MR) is 112 cm³/mol. The average Bonchev–Trinajstić information content (AvgIpc) is 2.63. The van der Waals surface area contributed by atoms with Gasteiger partial charge in [-0.05, 0) is 18.6 Å². The van der Waals surface area contributed by atoms with Crippen LogP contribution in [0.1, 0.15) is 6.42 Å². The molecular weight excluding hydrogens is 541 g/mol. The number of halogens is 5. The number of phosphoric acid groups is 1. The summed E-state index contributed by atoms with van der Waals surface area (Å²) < 4.78 is 29.6. The average molecular weight is 561 g/mol. The van der Waals surface area contributed by atoms with Gasteiger partial charge in [0, 0.05) is 33.2 Å². The molecule has 0 aliphatic carbocycles. The van der Waals surface area contributed by atoms with Crippen LogP contribution < -0.4 is 4.52 Å². The fourth-order valence-electron chi connectivity index (χ4n) is 1.51. The van der Waals surface area contributed by atoms with E-state index in [1.807, 2.05) is 6.07 Å². The molecule has 0 fully saturated rings. The van der Waals surface area contributed by atoms with E-state index >= 15 is 0 Å². The highest BCUT2D eigenvalue weighted by atomic mass is 79.9. The number of benzene rings is 1. The van der Waals surface area contributed by atoms with E-state index in [1.54, 1.807) is 24.3 Å². The number of hydrogen-bond donors (Lipinski definition) is 0. The Morgan fingerprint density at radius 2 is 1.68 bits per heavy atom. The van der Waals surface area contributed by atoms with Crippen LogP contribution in [0.15, 0.2) is 30.3 Å². The summed E-state index contributed by atoms with van der Waals surface area (Å²) in [6.07, 6.45) is 0.792. The fourth-order valence-corrected chi connectivity index (χ4v) is 5.69. The molecule has 0 aromatic heterocycles. The zero-order valence-corrected chi connectivity index (χ0v) is 19.7. The number of hydrogen-bond acceptors (Lipinski definition) is 4. The molecule has 1 aromatic rings. The largest absolute Gasteiger partial charge is 0.530 e. The SMILES string of the molecule is O=P(OCC(Br)CCBr)(OCC(CCl)(CCl)CCl)Oc1ccccc1. The van der Waals surface area contributed by atoms with Crippen LogP contribution >= 0.6 is 74.5 Å². The highest BCUT2D eigenvalue weighted by Crippen LogP contribution is 2.51. The Hall–Kier alpha value is 1.00. The summed E-state index contributed by atoms with van der Waals surface area (Å²) in [4.78, 5) is 0.00186. The summed E-state index contributed by atoms with van der Waals surface area (Å²) >= 11 is 24.7. The molecule has 0 saturated carbocycles. The molecule has 0 heterocycles. The van der Waals surface area contributed by atoms with E-state index in [1.165, 1.54) is 0 Å². The fraction of sp³-hybridized carbons (Fsp3) is 0.600. The minimum absolute atomic E-state index is 0.00186. The van der Waals surface area contributed by atoms with Gasteiger partial charge in [0.2, 0.25) is 0 Å². The van der Waals surface area contributed by atoms with E-state index in [0.29, 0.717) is 5.75 Å². The van der Waals surface area contributed by atoms with Crippen molar-refractivity contribution in [2.45, 2.75) is 11.2 Å². The smallest absolute Gasteiger partial charge is 0.404 e. The second-order valence-electron chi connectivity index (χ2n) is 5.40. The van der Waals surface area contributed by atoms with Crippen molar-refractivity contribution in [3.05, 3.63) is 30.3 Å². The molecule has 144 valence electrons. The lowest BCUT2D eigenvalue weighted by Crippen LogP contribution is -2.33. The van der Waals surface area contributed by atoms with Gasteiger partial charge in [-0.2, -0.15) is 0 Å². The minimum Gasteiger partial charge on any atom is -0.404 e. The lowest BCUT2D eigenvalue weighted by Gasteiger charge is -2.28. The van der Waals surface area contributed by atoms with Crippen LogP contribution in [-0.4, -0.2) is 41.0 Å². The predicted octanol–water partition coefficient (Wildman–Crippen LogP) is 6.46. The zero-order chi connectivity index (χ0) is 18.8. The van der Waals surface area contributed by atoms with Gasteiger partial charge in [0.1, 0.15) is 5.75 Å². The summed E-state index contributed by atoms with van der Waals surface area (Å²) in [5.41, 5.74) is -0.715. The van der Waals surface area contributed by atoms with Crippen molar-refractivity contribution in [2.24, 2.45) is 5.41 Å². The van der Waals surface area contributed by atoms with Gasteiger partial charge in [0.15, 0.2) is 0 Å². The minimum atomic E-state index is -3.88. The summed E-state index contributed by atoms with van der Waals surface area (Å²) in [6.45, 7) is 0.115. The van der Waals surface area contributed by atoms with Gasteiger partial charge in [-0.1, -0.05) is 50.1 Å². The summed E-state index contributed by atoms with van der Waals surface area (Å²) in [5.74, 6) is 0.868. The number of rotatable bonds is 13. The highest BCUT2D eigenvalue weighted by Gasteiger charge is 2.36. The molecule has 2 atom stereocenters. The van der Waals surface area contributed by atoms with Crippen molar-refractivity contribution in [2.75, 3.05) is 36.2 Å². The van der Waals surface area contributed by atoms with Crippen LogP contribution in [0, 0.1) is 5.41 Å². The number of alkyl halides is 5. The molecule has 0 bridgehead atoms. The Bertz CT molecular complexity index is 527. The van der Waals surface area contributed by atoms with Gasteiger partial charge < -0.3 is 4.52 Å². The van der Waals surface area contributed by atoms with Crippen LogP contribution in [0.2, 0.25) is 0 Å². The number of para-hydroxylation sites is 1. The molecule has 25 heavy (non-hydrogen) atoms. The van der Waals surface area contributed by atoms with Crippen LogP contribution in [0.3, 0.4) is 0 Å². The standard InChI is InChI=1S/C15H20Br2Cl3O4P/c16-7-6-13(17)8-22-25(21,24-14-4-2-1-3-5-14)23-12-15(9-18,10-19)11-20/h1-5,13H,6-12H2. The molecule has 0 saturated heterocycles. The molecule has 2 unspecified atom stereocenters. The van der Waals surface area contributed by atoms with Crippen molar-refractivity contribution in [3.63, 3.8) is 0 Å². The molecule has 0 spiro atoms. The van der Waals surface area contributed by atoms with E-state index in [4.69, 9.17) is 48.4 Å². The van der Waals surface area contributed by atoms with Crippen molar-refractivity contribution in [1.29, 1.82) is 0 Å². The normalized spacial score (nSPS) is 15.6. The third-order valence-electron chi connectivity index (χ3n) is 3.18. The summed E-state index contributed by atoms with van der Waals surface area (Å²) in [7, 11) is -3.88. The molecular formula is C15H20Br2Cl3O4P. The monoisotopic (exact) mass is 558 g/mol. The summed E-state index contributed by atoms with van der Waals surface area (Å²) in [5, 5.41) is 0.783. The Balaban J connectivity index is 2.84. The van der Waals surface area contributed by atoms with E-state index in [9.17, 15) is 4.57 Å². The Labute approximate surface area is 180 Å². The summed E-state index contributed by atoms with van der Waals surface area (Å²) in [6, 6.07) is 8.68. The van der Waals surface area contributed by atoms with Gasteiger partial charge >= 0.3 is 7.82 Å². The molecule has 0 amide bonds. The maximum Gasteiger partial charge on any atom is 0.530 e. The van der Waals surface area contributed by atoms with Gasteiger partial charge in [-0.3, -0.25) is 9.05 Å². The van der Waals surface area contributed by atoms with Crippen LogP contribution in [-0.2, 0) is 13.6 Å². The van der Waals surface area contributed by atoms with Crippen molar-refractivity contribution in [3.8, 4) is 5.75 Å². The first-order valence-corrected chi connectivity index (χ1v) is 12.5.